The quantitative estimate of drug-likeness (QED) is 0.270. The first-order chi connectivity index (χ1) is 16.7. The first kappa shape index (κ1) is 26.6. The van der Waals surface area contributed by atoms with E-state index in [1.807, 2.05) is 0 Å². The standard InChI is InChI=1S/C24H21BrF2O7S/c1-31-19-7-12(6-16(25)24(19)33-3)15(10-21(29)32-2)23-22(30)18(28)9-14(34-23)11-35-20-5-4-13(26)8-17(20)27/h4-9,15,30H,10-11H2,1-3H3/t15-/m0/s1. The molecule has 1 atom stereocenters. The number of methoxy groups -OCH3 is 3. The number of benzene rings is 2. The van der Waals surface area contributed by atoms with E-state index in [1.165, 1.54) is 27.4 Å². The maximum absolute atomic E-state index is 14.0. The average molecular weight is 571 g/mol. The van der Waals surface area contributed by atoms with Gasteiger partial charge < -0.3 is 23.7 Å². The molecular formula is C24H21BrF2O7S. The molecule has 7 nitrogen and oxygen atoms in total. The largest absolute Gasteiger partial charge is 0.502 e. The molecule has 1 heterocycles. The van der Waals surface area contributed by atoms with Crippen molar-refractivity contribution < 1.29 is 37.3 Å². The number of rotatable bonds is 9. The SMILES string of the molecule is COC(=O)C[C@@H](c1cc(Br)c(OC)c(OC)c1)c1oc(CSc2ccc(F)cc2F)cc(=O)c1O. The number of ether oxygens (including phenoxy) is 3. The molecule has 0 aliphatic carbocycles. The lowest BCUT2D eigenvalue weighted by atomic mass is 9.92. The third-order valence-electron chi connectivity index (χ3n) is 5.04. The number of aromatic hydroxyl groups is 1. The zero-order valence-electron chi connectivity index (χ0n) is 18.9. The molecule has 0 aliphatic heterocycles. The summed E-state index contributed by atoms with van der Waals surface area (Å²) in [7, 11) is 4.11. The summed E-state index contributed by atoms with van der Waals surface area (Å²) in [4.78, 5) is 24.9. The molecule has 0 saturated heterocycles. The molecule has 0 bridgehead atoms. The first-order valence-electron chi connectivity index (χ1n) is 10.1. The minimum Gasteiger partial charge on any atom is -0.502 e. The van der Waals surface area contributed by atoms with Gasteiger partial charge in [-0.25, -0.2) is 8.78 Å². The minimum atomic E-state index is -0.932. The Morgan fingerprint density at radius 3 is 2.51 bits per heavy atom. The molecule has 1 aromatic heterocycles. The van der Waals surface area contributed by atoms with Gasteiger partial charge in [-0.15, -0.1) is 11.8 Å². The summed E-state index contributed by atoms with van der Waals surface area (Å²) in [5, 5.41) is 10.6. The van der Waals surface area contributed by atoms with Gasteiger partial charge in [0, 0.05) is 17.0 Å². The summed E-state index contributed by atoms with van der Waals surface area (Å²) in [6.07, 6.45) is -0.266. The molecule has 0 fully saturated rings. The van der Waals surface area contributed by atoms with E-state index in [1.54, 1.807) is 12.1 Å². The van der Waals surface area contributed by atoms with Crippen LogP contribution in [0.4, 0.5) is 8.78 Å². The second-order valence-corrected chi connectivity index (χ2v) is 9.10. The van der Waals surface area contributed by atoms with Crippen molar-refractivity contribution >= 4 is 33.7 Å². The zero-order valence-corrected chi connectivity index (χ0v) is 21.3. The molecule has 0 spiro atoms. The van der Waals surface area contributed by atoms with Crippen LogP contribution in [0.2, 0.25) is 0 Å². The second-order valence-electron chi connectivity index (χ2n) is 7.22. The Bertz CT molecular complexity index is 1300. The third kappa shape index (κ3) is 6.15. The van der Waals surface area contributed by atoms with Gasteiger partial charge in [0.25, 0.3) is 0 Å². The Kier molecular flexibility index (Phi) is 8.79. The van der Waals surface area contributed by atoms with Crippen LogP contribution in [0.25, 0.3) is 0 Å². The summed E-state index contributed by atoms with van der Waals surface area (Å²) in [5.41, 5.74) is -0.274. The van der Waals surface area contributed by atoms with Crippen molar-refractivity contribution in [1.82, 2.24) is 0 Å². The van der Waals surface area contributed by atoms with Gasteiger partial charge in [0.15, 0.2) is 17.3 Å². The summed E-state index contributed by atoms with van der Waals surface area (Å²) in [5.74, 6) is -2.99. The fraction of sp³-hybridized carbons (Fsp3) is 0.250. The second kappa shape index (κ2) is 11.6. The molecule has 3 rings (SSSR count). The van der Waals surface area contributed by atoms with E-state index in [0.29, 0.717) is 21.5 Å². The molecule has 3 aromatic rings. The van der Waals surface area contributed by atoms with Crippen LogP contribution in [0.5, 0.6) is 17.2 Å². The van der Waals surface area contributed by atoms with Crippen LogP contribution in [-0.4, -0.2) is 32.4 Å². The molecule has 0 saturated carbocycles. The molecule has 11 heteroatoms. The lowest BCUT2D eigenvalue weighted by molar-refractivity contribution is -0.140. The van der Waals surface area contributed by atoms with Gasteiger partial charge in [0.1, 0.15) is 17.4 Å². The molecular weight excluding hydrogens is 550 g/mol. The highest BCUT2D eigenvalue weighted by Crippen LogP contribution is 2.42. The Balaban J connectivity index is 2.06. The zero-order chi connectivity index (χ0) is 25.7. The van der Waals surface area contributed by atoms with E-state index in [9.17, 15) is 23.5 Å². The van der Waals surface area contributed by atoms with Crippen molar-refractivity contribution in [2.75, 3.05) is 21.3 Å². The van der Waals surface area contributed by atoms with Gasteiger partial charge in [-0.1, -0.05) is 0 Å². The van der Waals surface area contributed by atoms with Crippen LogP contribution in [0.1, 0.15) is 29.4 Å². The van der Waals surface area contributed by atoms with Crippen molar-refractivity contribution in [3.05, 3.63) is 79.8 Å². The van der Waals surface area contributed by atoms with E-state index in [2.05, 4.69) is 15.9 Å². The highest BCUT2D eigenvalue weighted by molar-refractivity contribution is 9.10. The Morgan fingerprint density at radius 1 is 1.14 bits per heavy atom. The highest BCUT2D eigenvalue weighted by atomic mass is 79.9. The molecule has 35 heavy (non-hydrogen) atoms. The van der Waals surface area contributed by atoms with Crippen molar-refractivity contribution in [1.29, 1.82) is 0 Å². The van der Waals surface area contributed by atoms with Crippen molar-refractivity contribution in [3.8, 4) is 17.2 Å². The average Bonchev–Trinajstić information content (AvgIpc) is 2.83. The van der Waals surface area contributed by atoms with E-state index in [-0.39, 0.29) is 28.6 Å². The van der Waals surface area contributed by atoms with Crippen LogP contribution >= 0.6 is 27.7 Å². The first-order valence-corrected chi connectivity index (χ1v) is 11.9. The van der Waals surface area contributed by atoms with Crippen molar-refractivity contribution in [2.24, 2.45) is 0 Å². The normalized spacial score (nSPS) is 11.7. The van der Waals surface area contributed by atoms with E-state index >= 15 is 0 Å². The van der Waals surface area contributed by atoms with Gasteiger partial charge >= 0.3 is 5.97 Å². The minimum absolute atomic E-state index is 0.00560. The number of halogens is 3. The number of hydrogen-bond acceptors (Lipinski definition) is 8. The third-order valence-corrected chi connectivity index (χ3v) is 6.70. The summed E-state index contributed by atoms with van der Waals surface area (Å²) < 4.78 is 49.0. The topological polar surface area (TPSA) is 95.2 Å². The van der Waals surface area contributed by atoms with E-state index in [0.717, 1.165) is 30.0 Å². The molecule has 0 amide bonds. The van der Waals surface area contributed by atoms with E-state index < -0.39 is 34.7 Å². The lowest BCUT2D eigenvalue weighted by Gasteiger charge is -2.20. The van der Waals surface area contributed by atoms with Crippen LogP contribution in [0, 0.1) is 11.6 Å². The van der Waals surface area contributed by atoms with Crippen LogP contribution in [0.3, 0.4) is 0 Å². The molecule has 0 unspecified atom stereocenters. The molecule has 2 aromatic carbocycles. The summed E-state index contributed by atoms with van der Waals surface area (Å²) in [6.45, 7) is 0. The number of hydrogen-bond donors (Lipinski definition) is 1. The van der Waals surface area contributed by atoms with Crippen LogP contribution in [0.15, 0.2) is 55.0 Å². The van der Waals surface area contributed by atoms with Crippen molar-refractivity contribution in [2.45, 2.75) is 23.0 Å². The maximum Gasteiger partial charge on any atom is 0.306 e. The lowest BCUT2D eigenvalue weighted by Crippen LogP contribution is -2.14. The van der Waals surface area contributed by atoms with Gasteiger partial charge in [-0.3, -0.25) is 9.59 Å². The molecule has 0 aliphatic rings. The van der Waals surface area contributed by atoms with Crippen LogP contribution < -0.4 is 14.9 Å². The number of carbonyl (C=O) groups excluding carboxylic acids is 1. The molecule has 0 radical (unpaired) electrons. The Labute approximate surface area is 212 Å². The monoisotopic (exact) mass is 570 g/mol. The van der Waals surface area contributed by atoms with E-state index in [4.69, 9.17) is 18.6 Å². The Hall–Kier alpha value is -3.05. The fourth-order valence-electron chi connectivity index (χ4n) is 3.35. The predicted molar refractivity (Wildman–Crippen MR) is 128 cm³/mol. The fourth-order valence-corrected chi connectivity index (χ4v) is 4.78. The number of carbonyl (C=O) groups is 1. The van der Waals surface area contributed by atoms with Crippen LogP contribution in [-0.2, 0) is 15.3 Å². The summed E-state index contributed by atoms with van der Waals surface area (Å²) >= 11 is 4.37. The van der Waals surface area contributed by atoms with Gasteiger partial charge in [0.05, 0.1) is 43.9 Å². The predicted octanol–water partition coefficient (Wildman–Crippen LogP) is 5.39. The van der Waals surface area contributed by atoms with Crippen molar-refractivity contribution in [3.63, 3.8) is 0 Å². The number of esters is 1. The maximum atomic E-state index is 14.0. The number of thioether (sulfide) groups is 1. The molecule has 186 valence electrons. The summed E-state index contributed by atoms with van der Waals surface area (Å²) in [6, 6.07) is 7.45. The smallest absolute Gasteiger partial charge is 0.306 e. The molecule has 1 N–H and O–H groups in total. The van der Waals surface area contributed by atoms with Gasteiger partial charge in [0.2, 0.25) is 11.2 Å². The van der Waals surface area contributed by atoms with Gasteiger partial charge in [-0.05, 0) is 45.8 Å². The highest BCUT2D eigenvalue weighted by Gasteiger charge is 2.28. The van der Waals surface area contributed by atoms with Gasteiger partial charge in [-0.2, -0.15) is 0 Å². The Morgan fingerprint density at radius 2 is 1.89 bits per heavy atom.